The Bertz CT molecular complexity index is 570. The average molecular weight is 283 g/mol. The Hall–Kier alpha value is -2.31. The van der Waals surface area contributed by atoms with Gasteiger partial charge < -0.3 is 10.1 Å². The van der Waals surface area contributed by atoms with Crippen molar-refractivity contribution in [2.24, 2.45) is 0 Å². The molecule has 2 aromatic rings. The van der Waals surface area contributed by atoms with Crippen LogP contribution in [-0.4, -0.2) is 17.0 Å². The molecule has 0 radical (unpaired) electrons. The van der Waals surface area contributed by atoms with Crippen molar-refractivity contribution in [3.63, 3.8) is 0 Å². The van der Waals surface area contributed by atoms with Gasteiger partial charge in [-0.3, -0.25) is 4.98 Å². The van der Waals surface area contributed by atoms with Gasteiger partial charge in [0, 0.05) is 7.05 Å². The van der Waals surface area contributed by atoms with Gasteiger partial charge in [-0.25, -0.2) is 4.98 Å². The number of hydrogen-bond acceptors (Lipinski definition) is 4. The second-order valence-electron chi connectivity index (χ2n) is 3.96. The average Bonchev–Trinajstić information content (AvgIpc) is 2.45. The normalized spacial score (nSPS) is 11.2. The summed E-state index contributed by atoms with van der Waals surface area (Å²) >= 11 is 0. The minimum absolute atomic E-state index is 0.0539. The van der Waals surface area contributed by atoms with Crippen LogP contribution in [0.3, 0.4) is 0 Å². The third-order valence-electron chi connectivity index (χ3n) is 2.51. The zero-order chi connectivity index (χ0) is 14.6. The molecule has 0 aliphatic heterocycles. The molecule has 0 spiro atoms. The molecule has 0 saturated heterocycles. The molecule has 0 amide bonds. The highest BCUT2D eigenvalue weighted by atomic mass is 19.4. The van der Waals surface area contributed by atoms with Gasteiger partial charge in [-0.2, -0.15) is 13.2 Å². The number of alkyl halides is 3. The number of halogens is 3. The van der Waals surface area contributed by atoms with Gasteiger partial charge in [-0.05, 0) is 18.2 Å². The van der Waals surface area contributed by atoms with E-state index < -0.39 is 11.7 Å². The molecule has 7 heteroatoms. The first-order valence-electron chi connectivity index (χ1n) is 5.78. The van der Waals surface area contributed by atoms with Crippen LogP contribution in [0.15, 0.2) is 36.7 Å². The van der Waals surface area contributed by atoms with E-state index in [1.165, 1.54) is 24.5 Å². The second-order valence-corrected chi connectivity index (χ2v) is 3.96. The molecular formula is C13H12F3N3O. The minimum atomic E-state index is -4.38. The van der Waals surface area contributed by atoms with Crippen molar-refractivity contribution in [3.8, 4) is 5.75 Å². The number of rotatable bonds is 4. The molecule has 1 aromatic carbocycles. The fourth-order valence-corrected chi connectivity index (χ4v) is 1.48. The summed E-state index contributed by atoms with van der Waals surface area (Å²) in [6.07, 6.45) is -1.36. The zero-order valence-electron chi connectivity index (χ0n) is 10.6. The molecule has 0 atom stereocenters. The first-order chi connectivity index (χ1) is 9.49. The Morgan fingerprint density at radius 1 is 1.20 bits per heavy atom. The van der Waals surface area contributed by atoms with Gasteiger partial charge in [0.2, 0.25) is 0 Å². The Morgan fingerprint density at radius 2 is 2.00 bits per heavy atom. The first kappa shape index (κ1) is 14.1. The first-order valence-corrected chi connectivity index (χ1v) is 5.78. The fourth-order valence-electron chi connectivity index (χ4n) is 1.48. The predicted octanol–water partition coefficient (Wildman–Crippen LogP) is 3.12. The van der Waals surface area contributed by atoms with E-state index in [0.717, 1.165) is 12.1 Å². The number of ether oxygens (including phenoxy) is 1. The maximum absolute atomic E-state index is 12.5. The molecule has 106 valence electrons. The van der Waals surface area contributed by atoms with E-state index in [9.17, 15) is 13.2 Å². The van der Waals surface area contributed by atoms with Gasteiger partial charge >= 0.3 is 6.18 Å². The van der Waals surface area contributed by atoms with Crippen molar-refractivity contribution >= 4 is 5.82 Å². The maximum atomic E-state index is 12.5. The fraction of sp³-hybridized carbons (Fsp3) is 0.231. The summed E-state index contributed by atoms with van der Waals surface area (Å²) in [6.45, 7) is 0.0539. The van der Waals surface area contributed by atoms with Crippen LogP contribution in [0, 0.1) is 0 Å². The lowest BCUT2D eigenvalue weighted by Gasteiger charge is -2.10. The van der Waals surface area contributed by atoms with Crippen LogP contribution < -0.4 is 10.1 Å². The molecule has 2 rings (SSSR count). The lowest BCUT2D eigenvalue weighted by molar-refractivity contribution is -0.137. The summed E-state index contributed by atoms with van der Waals surface area (Å²) in [4.78, 5) is 8.10. The van der Waals surface area contributed by atoms with E-state index in [0.29, 0.717) is 11.5 Å². The Balaban J connectivity index is 2.03. The van der Waals surface area contributed by atoms with Crippen LogP contribution in [-0.2, 0) is 12.8 Å². The molecule has 20 heavy (non-hydrogen) atoms. The number of aromatic nitrogens is 2. The lowest BCUT2D eigenvalue weighted by atomic mass is 10.2. The molecule has 0 unspecified atom stereocenters. The zero-order valence-corrected chi connectivity index (χ0v) is 10.6. The Morgan fingerprint density at radius 3 is 2.60 bits per heavy atom. The Labute approximate surface area is 113 Å². The van der Waals surface area contributed by atoms with E-state index in [-0.39, 0.29) is 12.4 Å². The molecular weight excluding hydrogens is 271 g/mol. The summed E-state index contributed by atoms with van der Waals surface area (Å²) < 4.78 is 42.9. The number of anilines is 1. The summed E-state index contributed by atoms with van der Waals surface area (Å²) in [5, 5.41) is 2.81. The van der Waals surface area contributed by atoms with Gasteiger partial charge in [-0.1, -0.05) is 6.07 Å². The van der Waals surface area contributed by atoms with E-state index in [1.54, 1.807) is 7.05 Å². The van der Waals surface area contributed by atoms with Crippen molar-refractivity contribution in [3.05, 3.63) is 47.9 Å². The van der Waals surface area contributed by atoms with Gasteiger partial charge in [-0.15, -0.1) is 0 Å². The third-order valence-corrected chi connectivity index (χ3v) is 2.51. The molecule has 0 fully saturated rings. The largest absolute Gasteiger partial charge is 0.487 e. The van der Waals surface area contributed by atoms with Crippen LogP contribution >= 0.6 is 0 Å². The smallest absolute Gasteiger partial charge is 0.416 e. The predicted molar refractivity (Wildman–Crippen MR) is 67.4 cm³/mol. The third kappa shape index (κ3) is 3.59. The molecule has 1 heterocycles. The highest BCUT2D eigenvalue weighted by molar-refractivity contribution is 5.31. The molecule has 4 nitrogen and oxygen atoms in total. The van der Waals surface area contributed by atoms with Crippen LogP contribution in [0.1, 0.15) is 11.3 Å². The van der Waals surface area contributed by atoms with Crippen LogP contribution in [0.25, 0.3) is 0 Å². The van der Waals surface area contributed by atoms with Crippen LogP contribution in [0.5, 0.6) is 5.75 Å². The summed E-state index contributed by atoms with van der Waals surface area (Å²) in [5.74, 6) is 0.743. The maximum Gasteiger partial charge on any atom is 0.416 e. The van der Waals surface area contributed by atoms with Crippen LogP contribution in [0.4, 0.5) is 19.0 Å². The SMILES string of the molecule is CNc1cnc(COc2cccc(C(F)(F)F)c2)cn1. The van der Waals surface area contributed by atoms with Crippen molar-refractivity contribution < 1.29 is 17.9 Å². The van der Waals surface area contributed by atoms with Crippen molar-refractivity contribution in [1.82, 2.24) is 9.97 Å². The van der Waals surface area contributed by atoms with Gasteiger partial charge in [0.25, 0.3) is 0 Å². The lowest BCUT2D eigenvalue weighted by Crippen LogP contribution is -2.05. The highest BCUT2D eigenvalue weighted by Gasteiger charge is 2.30. The van der Waals surface area contributed by atoms with Crippen molar-refractivity contribution in [1.29, 1.82) is 0 Å². The highest BCUT2D eigenvalue weighted by Crippen LogP contribution is 2.31. The monoisotopic (exact) mass is 283 g/mol. The van der Waals surface area contributed by atoms with Gasteiger partial charge in [0.05, 0.1) is 23.7 Å². The number of benzene rings is 1. The topological polar surface area (TPSA) is 47.0 Å². The molecule has 0 bridgehead atoms. The summed E-state index contributed by atoms with van der Waals surface area (Å²) in [6, 6.07) is 4.71. The summed E-state index contributed by atoms with van der Waals surface area (Å²) in [7, 11) is 1.71. The minimum Gasteiger partial charge on any atom is -0.487 e. The van der Waals surface area contributed by atoms with Crippen molar-refractivity contribution in [2.75, 3.05) is 12.4 Å². The number of nitrogens with one attached hydrogen (secondary N) is 1. The van der Waals surface area contributed by atoms with E-state index in [2.05, 4.69) is 15.3 Å². The van der Waals surface area contributed by atoms with Gasteiger partial charge in [0.15, 0.2) is 0 Å². The molecule has 1 aromatic heterocycles. The molecule has 0 aliphatic rings. The Kier molecular flexibility index (Phi) is 4.07. The number of hydrogen-bond donors (Lipinski definition) is 1. The quantitative estimate of drug-likeness (QED) is 0.936. The van der Waals surface area contributed by atoms with E-state index in [4.69, 9.17) is 4.74 Å². The molecule has 0 saturated carbocycles. The summed E-state index contributed by atoms with van der Waals surface area (Å²) in [5.41, 5.74) is -0.215. The van der Waals surface area contributed by atoms with Crippen molar-refractivity contribution in [2.45, 2.75) is 12.8 Å². The molecule has 1 N–H and O–H groups in total. The second kappa shape index (κ2) is 5.77. The van der Waals surface area contributed by atoms with E-state index >= 15 is 0 Å². The van der Waals surface area contributed by atoms with E-state index in [1.807, 2.05) is 0 Å². The molecule has 0 aliphatic carbocycles. The van der Waals surface area contributed by atoms with Crippen LogP contribution in [0.2, 0.25) is 0 Å². The number of nitrogens with zero attached hydrogens (tertiary/aromatic N) is 2. The van der Waals surface area contributed by atoms with Gasteiger partial charge in [0.1, 0.15) is 18.2 Å². The standard InChI is InChI=1S/C13H12F3N3O/c1-17-12-7-18-10(6-19-12)8-20-11-4-2-3-9(5-11)13(14,15)16/h2-7H,8H2,1H3,(H,17,19).